The van der Waals surface area contributed by atoms with Crippen LogP contribution in [0, 0.1) is 26.7 Å². The topological polar surface area (TPSA) is 60.0 Å². The molecule has 3 rings (SSSR count). The van der Waals surface area contributed by atoms with Gasteiger partial charge in [0.05, 0.1) is 5.69 Å². The van der Waals surface area contributed by atoms with Gasteiger partial charge in [-0.25, -0.2) is 9.67 Å². The zero-order chi connectivity index (χ0) is 14.8. The number of nitrogens with zero attached hydrogens (tertiary/aromatic N) is 5. The Morgan fingerprint density at radius 3 is 2.86 bits per heavy atom. The normalized spacial score (nSPS) is 20.0. The molecular weight excluding hydrogens is 266 g/mol. The van der Waals surface area contributed by atoms with Crippen LogP contribution >= 0.6 is 0 Å². The summed E-state index contributed by atoms with van der Waals surface area (Å²) >= 11 is 0. The second kappa shape index (κ2) is 5.97. The van der Waals surface area contributed by atoms with Gasteiger partial charge in [-0.1, -0.05) is 5.16 Å². The molecular formula is C15H23N5O. The van der Waals surface area contributed by atoms with Crippen molar-refractivity contribution < 1.29 is 4.52 Å². The van der Waals surface area contributed by atoms with Crippen molar-refractivity contribution in [2.24, 2.45) is 5.92 Å². The third-order valence-corrected chi connectivity index (χ3v) is 4.06. The van der Waals surface area contributed by atoms with Crippen LogP contribution in [0.15, 0.2) is 10.6 Å². The molecule has 6 nitrogen and oxygen atoms in total. The first-order chi connectivity index (χ1) is 10.1. The molecule has 0 aliphatic carbocycles. The molecule has 21 heavy (non-hydrogen) atoms. The molecule has 0 N–H and O–H groups in total. The quantitative estimate of drug-likeness (QED) is 0.862. The van der Waals surface area contributed by atoms with E-state index in [-0.39, 0.29) is 0 Å². The Bertz CT molecular complexity index is 603. The fourth-order valence-corrected chi connectivity index (χ4v) is 3.14. The first-order valence-corrected chi connectivity index (χ1v) is 7.63. The van der Waals surface area contributed by atoms with Crippen LogP contribution in [0.1, 0.15) is 35.9 Å². The SMILES string of the molecule is Cc1nc(C)n(C[C@@H]2CCCN(Cc3cc(C)on3)C2)n1. The van der Waals surface area contributed by atoms with Gasteiger partial charge < -0.3 is 4.52 Å². The largest absolute Gasteiger partial charge is 0.361 e. The number of aryl methyl sites for hydroxylation is 3. The fourth-order valence-electron chi connectivity index (χ4n) is 3.14. The molecule has 1 aliphatic heterocycles. The van der Waals surface area contributed by atoms with Gasteiger partial charge in [0, 0.05) is 25.7 Å². The van der Waals surface area contributed by atoms with Gasteiger partial charge in [0.15, 0.2) is 0 Å². The highest BCUT2D eigenvalue weighted by molar-refractivity contribution is 5.03. The molecule has 0 spiro atoms. The van der Waals surface area contributed by atoms with Gasteiger partial charge >= 0.3 is 0 Å². The molecule has 1 saturated heterocycles. The highest BCUT2D eigenvalue weighted by Crippen LogP contribution is 2.20. The molecule has 1 atom stereocenters. The average Bonchev–Trinajstić information content (AvgIpc) is 2.96. The zero-order valence-electron chi connectivity index (χ0n) is 13.0. The fraction of sp³-hybridized carbons (Fsp3) is 0.667. The molecule has 0 saturated carbocycles. The molecule has 2 aromatic rings. The first kappa shape index (κ1) is 14.3. The molecule has 1 fully saturated rings. The van der Waals surface area contributed by atoms with Crippen molar-refractivity contribution >= 4 is 0 Å². The summed E-state index contributed by atoms with van der Waals surface area (Å²) < 4.78 is 7.19. The molecule has 0 aromatic carbocycles. The summed E-state index contributed by atoms with van der Waals surface area (Å²) in [5, 5.41) is 8.57. The van der Waals surface area contributed by atoms with Crippen LogP contribution < -0.4 is 0 Å². The molecule has 6 heteroatoms. The Morgan fingerprint density at radius 1 is 1.33 bits per heavy atom. The van der Waals surface area contributed by atoms with E-state index in [0.29, 0.717) is 5.92 Å². The van der Waals surface area contributed by atoms with Crippen molar-refractivity contribution in [1.82, 2.24) is 24.8 Å². The number of hydrogen-bond acceptors (Lipinski definition) is 5. The third kappa shape index (κ3) is 3.50. The van der Waals surface area contributed by atoms with Gasteiger partial charge in [0.25, 0.3) is 0 Å². The lowest BCUT2D eigenvalue weighted by Crippen LogP contribution is -2.37. The van der Waals surface area contributed by atoms with E-state index in [2.05, 4.69) is 20.1 Å². The summed E-state index contributed by atoms with van der Waals surface area (Å²) in [6.07, 6.45) is 2.49. The predicted octanol–water partition coefficient (Wildman–Crippen LogP) is 2.10. The summed E-state index contributed by atoms with van der Waals surface area (Å²) in [6.45, 7) is 9.97. The Balaban J connectivity index is 1.59. The van der Waals surface area contributed by atoms with E-state index in [1.165, 1.54) is 12.8 Å². The summed E-state index contributed by atoms with van der Waals surface area (Å²) in [5.41, 5.74) is 1.03. The zero-order valence-corrected chi connectivity index (χ0v) is 13.0. The van der Waals surface area contributed by atoms with Crippen LogP contribution in [0.3, 0.4) is 0 Å². The second-order valence-corrected chi connectivity index (χ2v) is 6.06. The van der Waals surface area contributed by atoms with Crippen molar-refractivity contribution in [3.8, 4) is 0 Å². The Morgan fingerprint density at radius 2 is 2.19 bits per heavy atom. The van der Waals surface area contributed by atoms with E-state index in [1.807, 2.05) is 31.5 Å². The van der Waals surface area contributed by atoms with E-state index >= 15 is 0 Å². The van der Waals surface area contributed by atoms with Crippen LogP contribution in [0.5, 0.6) is 0 Å². The van der Waals surface area contributed by atoms with E-state index in [9.17, 15) is 0 Å². The molecule has 0 amide bonds. The van der Waals surface area contributed by atoms with E-state index in [1.54, 1.807) is 0 Å². The molecule has 0 bridgehead atoms. The number of hydrogen-bond donors (Lipinski definition) is 0. The van der Waals surface area contributed by atoms with Crippen molar-refractivity contribution in [3.63, 3.8) is 0 Å². The van der Waals surface area contributed by atoms with Gasteiger partial charge in [-0.2, -0.15) is 5.10 Å². The van der Waals surface area contributed by atoms with Crippen molar-refractivity contribution in [1.29, 1.82) is 0 Å². The summed E-state index contributed by atoms with van der Waals surface area (Å²) in [6, 6.07) is 2.02. The second-order valence-electron chi connectivity index (χ2n) is 6.06. The van der Waals surface area contributed by atoms with Crippen LogP contribution in [0.2, 0.25) is 0 Å². The van der Waals surface area contributed by atoms with Gasteiger partial charge in [-0.3, -0.25) is 4.90 Å². The molecule has 0 unspecified atom stereocenters. The van der Waals surface area contributed by atoms with Crippen molar-refractivity contribution in [2.45, 2.75) is 46.7 Å². The summed E-state index contributed by atoms with van der Waals surface area (Å²) in [5.74, 6) is 3.38. The highest BCUT2D eigenvalue weighted by atomic mass is 16.5. The van der Waals surface area contributed by atoms with E-state index in [4.69, 9.17) is 4.52 Å². The van der Waals surface area contributed by atoms with Crippen LogP contribution in [0.25, 0.3) is 0 Å². The van der Waals surface area contributed by atoms with Gasteiger partial charge in [-0.15, -0.1) is 0 Å². The minimum absolute atomic E-state index is 0.631. The van der Waals surface area contributed by atoms with Crippen molar-refractivity contribution in [3.05, 3.63) is 29.2 Å². The molecule has 0 radical (unpaired) electrons. The maximum atomic E-state index is 5.15. The predicted molar refractivity (Wildman–Crippen MR) is 78.7 cm³/mol. The molecule has 3 heterocycles. The molecule has 114 valence electrons. The van der Waals surface area contributed by atoms with E-state index < -0.39 is 0 Å². The lowest BCUT2D eigenvalue weighted by atomic mass is 9.98. The Hall–Kier alpha value is -1.69. The minimum Gasteiger partial charge on any atom is -0.361 e. The van der Waals surface area contributed by atoms with Gasteiger partial charge in [-0.05, 0) is 46.1 Å². The standard InChI is InChI=1S/C15H23N5O/c1-11-7-15(18-21-11)10-19-6-4-5-14(8-19)9-20-13(3)16-12(2)17-20/h7,14H,4-6,8-10H2,1-3H3/t14-/m1/s1. The molecule has 2 aromatic heterocycles. The number of likely N-dealkylation sites (tertiary alicyclic amines) is 1. The summed E-state index contributed by atoms with van der Waals surface area (Å²) in [4.78, 5) is 6.84. The smallest absolute Gasteiger partial charge is 0.147 e. The number of rotatable bonds is 4. The molecule has 1 aliphatic rings. The third-order valence-electron chi connectivity index (χ3n) is 4.06. The van der Waals surface area contributed by atoms with Crippen molar-refractivity contribution in [2.75, 3.05) is 13.1 Å². The van der Waals surface area contributed by atoms with Crippen LogP contribution in [-0.2, 0) is 13.1 Å². The average molecular weight is 289 g/mol. The highest BCUT2D eigenvalue weighted by Gasteiger charge is 2.22. The first-order valence-electron chi connectivity index (χ1n) is 7.63. The van der Waals surface area contributed by atoms with Crippen LogP contribution in [0.4, 0.5) is 0 Å². The Kier molecular flexibility index (Phi) is 4.05. The Labute approximate surface area is 125 Å². The number of aromatic nitrogens is 4. The lowest BCUT2D eigenvalue weighted by molar-refractivity contribution is 0.149. The van der Waals surface area contributed by atoms with Gasteiger partial charge in [0.1, 0.15) is 17.4 Å². The van der Waals surface area contributed by atoms with E-state index in [0.717, 1.165) is 49.3 Å². The number of piperidine rings is 1. The van der Waals surface area contributed by atoms with Gasteiger partial charge in [0.2, 0.25) is 0 Å². The minimum atomic E-state index is 0.631. The summed E-state index contributed by atoms with van der Waals surface area (Å²) in [7, 11) is 0. The maximum absolute atomic E-state index is 5.15. The monoisotopic (exact) mass is 289 g/mol. The maximum Gasteiger partial charge on any atom is 0.147 e. The lowest BCUT2D eigenvalue weighted by Gasteiger charge is -2.32. The van der Waals surface area contributed by atoms with Crippen LogP contribution in [-0.4, -0.2) is 37.9 Å².